The van der Waals surface area contributed by atoms with Gasteiger partial charge in [-0.15, -0.1) is 0 Å². The predicted octanol–water partition coefficient (Wildman–Crippen LogP) is 2.92. The molecule has 0 radical (unpaired) electrons. The third kappa shape index (κ3) is 3.18. The van der Waals surface area contributed by atoms with Gasteiger partial charge in [0, 0.05) is 30.7 Å². The summed E-state index contributed by atoms with van der Waals surface area (Å²) in [5.74, 6) is -0.214. The largest absolute Gasteiger partial charge is 0.443 e. The Morgan fingerprint density at radius 3 is 2.62 bits per heavy atom. The monoisotopic (exact) mass is 292 g/mol. The van der Waals surface area contributed by atoms with Gasteiger partial charge < -0.3 is 4.74 Å². The zero-order valence-corrected chi connectivity index (χ0v) is 12.1. The fraction of sp³-hybridized carbons (Fsp3) is 0.429. The van der Waals surface area contributed by atoms with Crippen molar-refractivity contribution < 1.29 is 19.2 Å². The molecule has 0 unspecified atom stereocenters. The molecule has 0 aliphatic carbocycles. The molecule has 0 atom stereocenters. The first-order valence-electron chi connectivity index (χ1n) is 6.51. The third-order valence-corrected chi connectivity index (χ3v) is 2.96. The average molecular weight is 292 g/mol. The quantitative estimate of drug-likeness (QED) is 0.586. The van der Waals surface area contributed by atoms with Gasteiger partial charge in [-0.1, -0.05) is 0 Å². The SMILES string of the molecule is CC(C)(C)OC(=O)N1CCC(=O)c2cc([N+](=O)[O-])ccc21. The van der Waals surface area contributed by atoms with Gasteiger partial charge in [0.05, 0.1) is 10.6 Å². The second kappa shape index (κ2) is 5.16. The minimum Gasteiger partial charge on any atom is -0.443 e. The van der Waals surface area contributed by atoms with Crippen molar-refractivity contribution in [2.75, 3.05) is 11.4 Å². The lowest BCUT2D eigenvalue weighted by molar-refractivity contribution is -0.384. The summed E-state index contributed by atoms with van der Waals surface area (Å²) in [7, 11) is 0. The number of rotatable bonds is 1. The molecule has 1 amide bonds. The number of benzene rings is 1. The highest BCUT2D eigenvalue weighted by atomic mass is 16.6. The molecule has 1 aromatic carbocycles. The summed E-state index contributed by atoms with van der Waals surface area (Å²) in [5, 5.41) is 10.8. The zero-order valence-electron chi connectivity index (χ0n) is 12.1. The number of nitrogens with zero attached hydrogens (tertiary/aromatic N) is 2. The van der Waals surface area contributed by atoms with Gasteiger partial charge in [-0.25, -0.2) is 4.79 Å². The van der Waals surface area contributed by atoms with Crippen LogP contribution in [0.4, 0.5) is 16.2 Å². The van der Waals surface area contributed by atoms with Crippen molar-refractivity contribution in [2.45, 2.75) is 32.8 Å². The van der Waals surface area contributed by atoms with Crippen LogP contribution in [0.1, 0.15) is 37.6 Å². The van der Waals surface area contributed by atoms with Crippen molar-refractivity contribution in [1.82, 2.24) is 0 Å². The van der Waals surface area contributed by atoms with E-state index in [0.29, 0.717) is 5.69 Å². The Balaban J connectivity index is 2.38. The molecule has 0 bridgehead atoms. The van der Waals surface area contributed by atoms with Crippen molar-refractivity contribution >= 4 is 23.3 Å². The van der Waals surface area contributed by atoms with Gasteiger partial charge in [-0.2, -0.15) is 0 Å². The van der Waals surface area contributed by atoms with Crippen LogP contribution in [0.25, 0.3) is 0 Å². The highest BCUT2D eigenvalue weighted by Crippen LogP contribution is 2.31. The summed E-state index contributed by atoms with van der Waals surface area (Å²) in [6.45, 7) is 5.45. The maximum Gasteiger partial charge on any atom is 0.414 e. The van der Waals surface area contributed by atoms with Crippen LogP contribution in [0.3, 0.4) is 0 Å². The third-order valence-electron chi connectivity index (χ3n) is 2.96. The molecule has 0 aromatic heterocycles. The van der Waals surface area contributed by atoms with Crippen molar-refractivity contribution in [3.63, 3.8) is 0 Å². The van der Waals surface area contributed by atoms with E-state index in [1.807, 2.05) is 0 Å². The van der Waals surface area contributed by atoms with Crippen LogP contribution in [0, 0.1) is 10.1 Å². The van der Waals surface area contributed by atoms with Crippen molar-refractivity contribution in [3.8, 4) is 0 Å². The van der Waals surface area contributed by atoms with E-state index in [1.54, 1.807) is 20.8 Å². The molecule has 1 aliphatic rings. The van der Waals surface area contributed by atoms with Crippen molar-refractivity contribution in [1.29, 1.82) is 0 Å². The number of carbonyl (C=O) groups is 2. The maximum atomic E-state index is 12.2. The van der Waals surface area contributed by atoms with E-state index in [-0.39, 0.29) is 30.0 Å². The number of hydrogen-bond donors (Lipinski definition) is 0. The number of non-ortho nitro benzene ring substituents is 1. The zero-order chi connectivity index (χ0) is 15.8. The lowest BCUT2D eigenvalue weighted by Gasteiger charge is -2.30. The number of ether oxygens (including phenoxy) is 1. The summed E-state index contributed by atoms with van der Waals surface area (Å²) >= 11 is 0. The minimum atomic E-state index is -0.653. The van der Waals surface area contributed by atoms with E-state index in [2.05, 4.69) is 0 Å². The number of nitro benzene ring substituents is 1. The number of nitro groups is 1. The molecule has 0 spiro atoms. The van der Waals surface area contributed by atoms with Gasteiger partial charge in [0.25, 0.3) is 5.69 Å². The minimum absolute atomic E-state index is 0.118. The second-order valence-corrected chi connectivity index (χ2v) is 5.76. The number of amides is 1. The van der Waals surface area contributed by atoms with Crippen LogP contribution < -0.4 is 4.90 Å². The van der Waals surface area contributed by atoms with Crippen LogP contribution in [-0.2, 0) is 4.74 Å². The molecule has 2 rings (SSSR count). The Morgan fingerprint density at radius 2 is 2.05 bits per heavy atom. The first-order valence-corrected chi connectivity index (χ1v) is 6.51. The number of hydrogen-bond acceptors (Lipinski definition) is 5. The Hall–Kier alpha value is -2.44. The standard InChI is InChI=1S/C14H16N2O5/c1-14(2,3)21-13(18)15-7-6-12(17)10-8-9(16(19)20)4-5-11(10)15/h4-5,8H,6-7H2,1-3H3. The Morgan fingerprint density at radius 1 is 1.38 bits per heavy atom. The van der Waals surface area contributed by atoms with Crippen LogP contribution in [-0.4, -0.2) is 28.9 Å². The van der Waals surface area contributed by atoms with E-state index < -0.39 is 16.6 Å². The average Bonchev–Trinajstić information content (AvgIpc) is 2.36. The molecule has 0 saturated heterocycles. The van der Waals surface area contributed by atoms with E-state index in [1.165, 1.54) is 23.1 Å². The molecule has 1 aromatic rings. The topological polar surface area (TPSA) is 89.8 Å². The van der Waals surface area contributed by atoms with Crippen LogP contribution >= 0.6 is 0 Å². The fourth-order valence-corrected chi connectivity index (χ4v) is 2.07. The number of fused-ring (bicyclic) bond motifs is 1. The maximum absolute atomic E-state index is 12.2. The van der Waals surface area contributed by atoms with E-state index in [0.717, 1.165) is 0 Å². The highest BCUT2D eigenvalue weighted by molar-refractivity contribution is 6.08. The molecule has 1 heterocycles. The Bertz CT molecular complexity index is 618. The van der Waals surface area contributed by atoms with Crippen LogP contribution in [0.15, 0.2) is 18.2 Å². The lowest BCUT2D eigenvalue weighted by Crippen LogP contribution is -2.41. The van der Waals surface area contributed by atoms with Gasteiger partial charge in [0.1, 0.15) is 5.60 Å². The number of anilines is 1. The second-order valence-electron chi connectivity index (χ2n) is 5.76. The van der Waals surface area contributed by atoms with Crippen molar-refractivity contribution in [3.05, 3.63) is 33.9 Å². The molecular weight excluding hydrogens is 276 g/mol. The molecule has 0 N–H and O–H groups in total. The summed E-state index contributed by atoms with van der Waals surface area (Å²) in [4.78, 5) is 35.6. The smallest absolute Gasteiger partial charge is 0.414 e. The normalized spacial score (nSPS) is 14.6. The van der Waals surface area contributed by atoms with Gasteiger partial charge in [-0.3, -0.25) is 19.8 Å². The molecule has 0 fully saturated rings. The fourth-order valence-electron chi connectivity index (χ4n) is 2.07. The molecule has 0 saturated carbocycles. The summed E-state index contributed by atoms with van der Waals surface area (Å²) in [5.41, 5.74) is -0.292. The molecular formula is C14H16N2O5. The van der Waals surface area contributed by atoms with Crippen molar-refractivity contribution in [2.24, 2.45) is 0 Å². The molecule has 7 heteroatoms. The summed E-state index contributed by atoms with van der Waals surface area (Å²) < 4.78 is 5.29. The summed E-state index contributed by atoms with van der Waals surface area (Å²) in [6, 6.07) is 3.89. The van der Waals surface area contributed by atoms with Gasteiger partial charge in [0.2, 0.25) is 0 Å². The molecule has 7 nitrogen and oxygen atoms in total. The van der Waals surface area contributed by atoms with Crippen LogP contribution in [0.5, 0.6) is 0 Å². The Labute approximate surface area is 121 Å². The van der Waals surface area contributed by atoms with E-state index in [9.17, 15) is 19.7 Å². The number of ketones is 1. The van der Waals surface area contributed by atoms with Gasteiger partial charge in [0.15, 0.2) is 5.78 Å². The first kappa shape index (κ1) is 15.0. The van der Waals surface area contributed by atoms with Crippen LogP contribution in [0.2, 0.25) is 0 Å². The van der Waals surface area contributed by atoms with E-state index >= 15 is 0 Å². The Kier molecular flexibility index (Phi) is 3.67. The van der Waals surface area contributed by atoms with Gasteiger partial charge in [-0.05, 0) is 26.8 Å². The molecule has 112 valence electrons. The van der Waals surface area contributed by atoms with Gasteiger partial charge >= 0.3 is 6.09 Å². The number of Topliss-reactive ketones (excluding diaryl/α,β-unsaturated/α-hetero) is 1. The first-order chi connectivity index (χ1) is 9.69. The highest BCUT2D eigenvalue weighted by Gasteiger charge is 2.31. The molecule has 21 heavy (non-hydrogen) atoms. The number of carbonyl (C=O) groups excluding carboxylic acids is 2. The molecule has 1 aliphatic heterocycles. The summed E-state index contributed by atoms with van der Waals surface area (Å²) in [6.07, 6.45) is -0.446. The predicted molar refractivity (Wildman–Crippen MR) is 75.6 cm³/mol. The van der Waals surface area contributed by atoms with E-state index in [4.69, 9.17) is 4.74 Å². The lowest BCUT2D eigenvalue weighted by atomic mass is 10.00.